The van der Waals surface area contributed by atoms with E-state index >= 15 is 0 Å². The summed E-state index contributed by atoms with van der Waals surface area (Å²) in [6.07, 6.45) is 3.91. The van der Waals surface area contributed by atoms with Crippen LogP contribution in [-0.4, -0.2) is 56.5 Å². The van der Waals surface area contributed by atoms with Crippen LogP contribution < -0.4 is 10.2 Å². The van der Waals surface area contributed by atoms with Crippen molar-refractivity contribution in [2.45, 2.75) is 50.3 Å². The number of amides is 1. The second kappa shape index (κ2) is 10.9. The van der Waals surface area contributed by atoms with Gasteiger partial charge in [0.05, 0.1) is 41.4 Å². The first-order chi connectivity index (χ1) is 18.9. The van der Waals surface area contributed by atoms with E-state index < -0.39 is 11.2 Å². The third-order valence-corrected chi connectivity index (χ3v) is 8.68. The maximum atomic E-state index is 12.8. The molecule has 1 saturated heterocycles. The lowest BCUT2D eigenvalue weighted by Crippen LogP contribution is -2.45. The average Bonchev–Trinajstić information content (AvgIpc) is 2.95. The minimum Gasteiger partial charge on any atom is -0.611 e. The number of ether oxygens (including phenoxy) is 1. The molecule has 0 aliphatic carbocycles. The van der Waals surface area contributed by atoms with Crippen LogP contribution in [0.15, 0.2) is 65.7 Å². The maximum absolute atomic E-state index is 12.8. The summed E-state index contributed by atoms with van der Waals surface area (Å²) in [5.74, 6) is 1.36. The van der Waals surface area contributed by atoms with E-state index in [1.54, 1.807) is 18.3 Å². The number of carbonyl (C=O) groups is 1. The van der Waals surface area contributed by atoms with Gasteiger partial charge >= 0.3 is 0 Å². The number of hydrogen-bond acceptors (Lipinski definition) is 7. The van der Waals surface area contributed by atoms with Gasteiger partial charge in [0.2, 0.25) is 0 Å². The van der Waals surface area contributed by atoms with Crippen molar-refractivity contribution >= 4 is 33.8 Å². The van der Waals surface area contributed by atoms with Gasteiger partial charge < -0.3 is 19.5 Å². The van der Waals surface area contributed by atoms with Crippen LogP contribution in [0.5, 0.6) is 0 Å². The molecule has 0 saturated carbocycles. The molecule has 0 bridgehead atoms. The van der Waals surface area contributed by atoms with Crippen molar-refractivity contribution in [3.05, 3.63) is 77.6 Å². The van der Waals surface area contributed by atoms with Crippen LogP contribution in [0.1, 0.15) is 41.9 Å². The summed E-state index contributed by atoms with van der Waals surface area (Å²) in [7, 11) is 0. The molecule has 1 fully saturated rings. The fraction of sp³-hybridized carbons (Fsp3) is 0.333. The minimum absolute atomic E-state index is 0.153. The molecule has 0 unspecified atom stereocenters. The third kappa shape index (κ3) is 5.61. The topological polar surface area (TPSA) is 103 Å². The first-order valence-corrected chi connectivity index (χ1v) is 14.7. The molecule has 6 rings (SSSR count). The fourth-order valence-electron chi connectivity index (χ4n) is 5.30. The minimum atomic E-state index is -1.04. The Labute approximate surface area is 231 Å². The highest BCUT2D eigenvalue weighted by atomic mass is 32.2. The lowest BCUT2D eigenvalue weighted by Gasteiger charge is -2.36. The zero-order chi connectivity index (χ0) is 26.9. The van der Waals surface area contributed by atoms with E-state index in [2.05, 4.69) is 29.0 Å². The van der Waals surface area contributed by atoms with Crippen molar-refractivity contribution in [1.82, 2.24) is 20.3 Å². The van der Waals surface area contributed by atoms with Crippen LogP contribution in [0.3, 0.4) is 0 Å². The fourth-order valence-corrected chi connectivity index (χ4v) is 6.64. The number of nitrogens with one attached hydrogen (secondary N) is 1. The lowest BCUT2D eigenvalue weighted by molar-refractivity contribution is -0.00545. The SMILES string of the molecule is C[C@@H]1CN(c2cccc(-c3ccc4cnc(CNC(=O)c5ccc6c(c5)[S@@+]([O-])CCC6)cc4n3)n2)C[C@H](C)O1. The Kier molecular flexibility index (Phi) is 7.20. The third-order valence-electron chi connectivity index (χ3n) is 7.15. The Bertz CT molecular complexity index is 1520. The Morgan fingerprint density at radius 1 is 1.08 bits per heavy atom. The highest BCUT2D eigenvalue weighted by Gasteiger charge is 2.24. The molecular formula is C30H31N5O3S. The second-order valence-electron chi connectivity index (χ2n) is 10.3. The summed E-state index contributed by atoms with van der Waals surface area (Å²) in [6.45, 7) is 6.04. The molecule has 9 heteroatoms. The number of morpholine rings is 1. The van der Waals surface area contributed by atoms with Crippen molar-refractivity contribution in [2.24, 2.45) is 0 Å². The Morgan fingerprint density at radius 2 is 1.90 bits per heavy atom. The summed E-state index contributed by atoms with van der Waals surface area (Å²) in [4.78, 5) is 30.2. The molecule has 2 aliphatic rings. The zero-order valence-electron chi connectivity index (χ0n) is 22.1. The Morgan fingerprint density at radius 3 is 2.74 bits per heavy atom. The van der Waals surface area contributed by atoms with Crippen molar-refractivity contribution in [1.29, 1.82) is 0 Å². The van der Waals surface area contributed by atoms with Gasteiger partial charge in [-0.3, -0.25) is 9.78 Å². The van der Waals surface area contributed by atoms with Gasteiger partial charge in [0, 0.05) is 41.9 Å². The predicted octanol–water partition coefficient (Wildman–Crippen LogP) is 4.29. The van der Waals surface area contributed by atoms with Crippen LogP contribution in [-0.2, 0) is 28.9 Å². The number of nitrogens with zero attached hydrogens (tertiary/aromatic N) is 4. The number of aromatic nitrogens is 3. The molecule has 8 nitrogen and oxygen atoms in total. The molecule has 3 aromatic heterocycles. The van der Waals surface area contributed by atoms with Crippen molar-refractivity contribution in [3.63, 3.8) is 0 Å². The average molecular weight is 542 g/mol. The van der Waals surface area contributed by atoms with Crippen molar-refractivity contribution < 1.29 is 14.1 Å². The summed E-state index contributed by atoms with van der Waals surface area (Å²) in [5, 5.41) is 3.86. The zero-order valence-corrected chi connectivity index (χ0v) is 22.9. The lowest BCUT2D eigenvalue weighted by atomic mass is 10.1. The first-order valence-electron chi connectivity index (χ1n) is 13.4. The van der Waals surface area contributed by atoms with Crippen LogP contribution in [0.2, 0.25) is 0 Å². The van der Waals surface area contributed by atoms with Gasteiger partial charge in [0.15, 0.2) is 4.90 Å². The van der Waals surface area contributed by atoms with E-state index in [1.807, 2.05) is 42.5 Å². The molecule has 39 heavy (non-hydrogen) atoms. The van der Waals surface area contributed by atoms with Crippen LogP contribution in [0, 0.1) is 0 Å². The molecule has 200 valence electrons. The summed E-state index contributed by atoms with van der Waals surface area (Å²) in [6, 6.07) is 17.4. The van der Waals surface area contributed by atoms with E-state index in [1.165, 1.54) is 0 Å². The highest BCUT2D eigenvalue weighted by Crippen LogP contribution is 2.27. The van der Waals surface area contributed by atoms with E-state index in [0.717, 1.165) is 64.5 Å². The molecular weight excluding hydrogens is 510 g/mol. The standard InChI is InChI=1S/C30H31N5O3S/c1-19-17-35(18-20(2)38-19)29-7-3-6-25(34-29)26-11-10-23-15-31-24(14-27(23)33-26)16-32-30(36)22-9-8-21-5-4-12-39(37)28(21)13-22/h3,6-11,13-15,19-20H,4-5,12,16-18H2,1-2H3,(H,32,36)/t19-,20+,39-/m0/s1. The van der Waals surface area contributed by atoms with E-state index in [-0.39, 0.29) is 24.7 Å². The molecule has 0 spiro atoms. The molecule has 2 aliphatic heterocycles. The van der Waals surface area contributed by atoms with Gasteiger partial charge in [-0.25, -0.2) is 9.97 Å². The number of hydrogen-bond donors (Lipinski definition) is 1. The number of benzene rings is 1. The van der Waals surface area contributed by atoms with E-state index in [4.69, 9.17) is 14.7 Å². The second-order valence-corrected chi connectivity index (χ2v) is 11.8. The number of anilines is 1. The van der Waals surface area contributed by atoms with Crippen molar-refractivity contribution in [2.75, 3.05) is 23.7 Å². The Hall–Kier alpha value is -3.53. The van der Waals surface area contributed by atoms with Gasteiger partial charge in [-0.2, -0.15) is 0 Å². The monoisotopic (exact) mass is 541 g/mol. The number of rotatable bonds is 5. The molecule has 1 N–H and O–H groups in total. The molecule has 5 heterocycles. The highest BCUT2D eigenvalue weighted by molar-refractivity contribution is 7.91. The van der Waals surface area contributed by atoms with E-state index in [9.17, 15) is 9.35 Å². The van der Waals surface area contributed by atoms with Crippen LogP contribution in [0.4, 0.5) is 5.82 Å². The maximum Gasteiger partial charge on any atom is 0.251 e. The quantitative estimate of drug-likeness (QED) is 0.376. The van der Waals surface area contributed by atoms with Crippen LogP contribution >= 0.6 is 0 Å². The molecule has 1 amide bonds. The molecule has 4 aromatic rings. The van der Waals surface area contributed by atoms with Gasteiger partial charge in [-0.1, -0.05) is 12.1 Å². The number of fused-ring (bicyclic) bond motifs is 2. The summed E-state index contributed by atoms with van der Waals surface area (Å²) >= 11 is -1.04. The van der Waals surface area contributed by atoms with Gasteiger partial charge in [-0.05, 0) is 74.3 Å². The molecule has 0 radical (unpaired) electrons. The van der Waals surface area contributed by atoms with Gasteiger partial charge in [0.25, 0.3) is 5.91 Å². The van der Waals surface area contributed by atoms with Gasteiger partial charge in [0.1, 0.15) is 11.6 Å². The molecule has 1 aromatic carbocycles. The van der Waals surface area contributed by atoms with E-state index in [0.29, 0.717) is 17.0 Å². The summed E-state index contributed by atoms with van der Waals surface area (Å²) < 4.78 is 18.2. The number of pyridine rings is 3. The van der Waals surface area contributed by atoms with Crippen LogP contribution in [0.25, 0.3) is 22.3 Å². The normalized spacial score (nSPS) is 21.0. The van der Waals surface area contributed by atoms with Crippen molar-refractivity contribution in [3.8, 4) is 11.4 Å². The largest absolute Gasteiger partial charge is 0.611 e. The first kappa shape index (κ1) is 25.7. The number of aryl methyl sites for hydroxylation is 1. The Balaban J connectivity index is 1.18. The number of carbonyl (C=O) groups excluding carboxylic acids is 1. The smallest absolute Gasteiger partial charge is 0.251 e. The van der Waals surface area contributed by atoms with Gasteiger partial charge in [-0.15, -0.1) is 0 Å². The molecule has 3 atom stereocenters. The summed E-state index contributed by atoms with van der Waals surface area (Å²) in [5.41, 5.74) is 4.67. The predicted molar refractivity (Wildman–Crippen MR) is 152 cm³/mol.